The summed E-state index contributed by atoms with van der Waals surface area (Å²) in [6.07, 6.45) is 0. The van der Waals surface area contributed by atoms with E-state index in [1.165, 1.54) is 17.4 Å². The number of ether oxygens (including phenoxy) is 1. The fourth-order valence-corrected chi connectivity index (χ4v) is 3.56. The molecule has 6 nitrogen and oxygen atoms in total. The molecule has 2 aromatic heterocycles. The number of benzene rings is 2. The van der Waals surface area contributed by atoms with Gasteiger partial charge in [-0.05, 0) is 37.3 Å². The minimum Gasteiger partial charge on any atom is -0.484 e. The maximum atomic E-state index is 12.9. The standard InChI is InChI=1S/C21H16N2O4S/c1-14-13-28-21(22-14)23(16-5-3-2-4-6-16)19(24)12-26-17-9-7-15-8-10-20(25)27-18(15)11-17/h2-11,13H,12H2,1H3. The molecule has 0 saturated heterocycles. The van der Waals surface area contributed by atoms with Crippen molar-refractivity contribution in [2.45, 2.75) is 6.92 Å². The minimum absolute atomic E-state index is 0.184. The Balaban J connectivity index is 1.57. The highest BCUT2D eigenvalue weighted by Gasteiger charge is 2.21. The number of fused-ring (bicyclic) bond motifs is 1. The van der Waals surface area contributed by atoms with E-state index in [2.05, 4.69) is 4.98 Å². The molecule has 0 fully saturated rings. The van der Waals surface area contributed by atoms with E-state index < -0.39 is 5.63 Å². The molecule has 0 aliphatic carbocycles. The SMILES string of the molecule is Cc1csc(N(C(=O)COc2ccc3ccc(=O)oc3c2)c2ccccc2)n1. The first-order valence-electron chi connectivity index (χ1n) is 8.57. The maximum Gasteiger partial charge on any atom is 0.336 e. The third-order valence-electron chi connectivity index (χ3n) is 4.02. The van der Waals surface area contributed by atoms with Crippen molar-refractivity contribution in [2.75, 3.05) is 11.5 Å². The van der Waals surface area contributed by atoms with Crippen molar-refractivity contribution in [1.82, 2.24) is 4.98 Å². The first-order valence-corrected chi connectivity index (χ1v) is 9.45. The van der Waals surface area contributed by atoms with Gasteiger partial charge in [0.2, 0.25) is 0 Å². The lowest BCUT2D eigenvalue weighted by atomic mass is 10.2. The van der Waals surface area contributed by atoms with Crippen LogP contribution in [0.3, 0.4) is 0 Å². The quantitative estimate of drug-likeness (QED) is 0.474. The topological polar surface area (TPSA) is 72.6 Å². The molecule has 0 N–H and O–H groups in total. The van der Waals surface area contributed by atoms with Gasteiger partial charge in [0, 0.05) is 22.9 Å². The number of hydrogen-bond donors (Lipinski definition) is 0. The van der Waals surface area contributed by atoms with Crippen LogP contribution in [0.5, 0.6) is 5.75 Å². The molecule has 0 atom stereocenters. The Hall–Kier alpha value is -3.45. The molecular weight excluding hydrogens is 376 g/mol. The molecule has 2 heterocycles. The fourth-order valence-electron chi connectivity index (χ4n) is 2.72. The van der Waals surface area contributed by atoms with E-state index in [-0.39, 0.29) is 12.5 Å². The van der Waals surface area contributed by atoms with E-state index >= 15 is 0 Å². The molecule has 2 aromatic carbocycles. The summed E-state index contributed by atoms with van der Waals surface area (Å²) >= 11 is 1.39. The van der Waals surface area contributed by atoms with Crippen LogP contribution in [-0.2, 0) is 4.79 Å². The number of hydrogen-bond acceptors (Lipinski definition) is 6. The van der Waals surface area contributed by atoms with Crippen LogP contribution < -0.4 is 15.3 Å². The number of carbonyl (C=O) groups is 1. The van der Waals surface area contributed by atoms with Crippen LogP contribution in [0, 0.1) is 6.92 Å². The molecule has 4 rings (SSSR count). The smallest absolute Gasteiger partial charge is 0.336 e. The monoisotopic (exact) mass is 392 g/mol. The number of carbonyl (C=O) groups excluding carboxylic acids is 1. The number of para-hydroxylation sites is 1. The van der Waals surface area contributed by atoms with Gasteiger partial charge in [-0.3, -0.25) is 9.69 Å². The molecule has 0 aliphatic rings. The molecule has 4 aromatic rings. The lowest BCUT2D eigenvalue weighted by molar-refractivity contribution is -0.119. The Morgan fingerprint density at radius 3 is 2.68 bits per heavy atom. The van der Waals surface area contributed by atoms with Crippen LogP contribution in [0.1, 0.15) is 5.69 Å². The molecule has 7 heteroatoms. The average molecular weight is 392 g/mol. The molecule has 28 heavy (non-hydrogen) atoms. The van der Waals surface area contributed by atoms with E-state index in [0.717, 1.165) is 16.8 Å². The third kappa shape index (κ3) is 3.79. The average Bonchev–Trinajstić information content (AvgIpc) is 3.12. The number of rotatable bonds is 5. The molecule has 0 radical (unpaired) electrons. The van der Waals surface area contributed by atoms with Crippen molar-refractivity contribution in [1.29, 1.82) is 0 Å². The van der Waals surface area contributed by atoms with E-state index in [1.54, 1.807) is 29.2 Å². The van der Waals surface area contributed by atoms with Crippen molar-refractivity contribution in [3.63, 3.8) is 0 Å². The van der Waals surface area contributed by atoms with Gasteiger partial charge >= 0.3 is 5.63 Å². The molecule has 0 aliphatic heterocycles. The normalized spacial score (nSPS) is 10.8. The Morgan fingerprint density at radius 2 is 1.93 bits per heavy atom. The van der Waals surface area contributed by atoms with Gasteiger partial charge in [0.1, 0.15) is 11.3 Å². The Morgan fingerprint density at radius 1 is 1.14 bits per heavy atom. The summed E-state index contributed by atoms with van der Waals surface area (Å²) in [6.45, 7) is 1.70. The molecule has 0 unspecified atom stereocenters. The van der Waals surface area contributed by atoms with E-state index in [0.29, 0.717) is 16.5 Å². The first kappa shape index (κ1) is 17.9. The highest BCUT2D eigenvalue weighted by Crippen LogP contribution is 2.29. The predicted octanol–water partition coefficient (Wildman–Crippen LogP) is 4.30. The first-order chi connectivity index (χ1) is 13.6. The van der Waals surface area contributed by atoms with Gasteiger partial charge in [0.25, 0.3) is 5.91 Å². The van der Waals surface area contributed by atoms with Gasteiger partial charge in [-0.15, -0.1) is 11.3 Å². The van der Waals surface area contributed by atoms with Crippen molar-refractivity contribution < 1.29 is 13.9 Å². The fraction of sp³-hybridized carbons (Fsp3) is 0.0952. The summed E-state index contributed by atoms with van der Waals surface area (Å²) in [7, 11) is 0. The predicted molar refractivity (Wildman–Crippen MR) is 108 cm³/mol. The molecular formula is C21H16N2O4S. The second kappa shape index (κ2) is 7.66. The van der Waals surface area contributed by atoms with Crippen LogP contribution >= 0.6 is 11.3 Å². The molecule has 0 spiro atoms. The van der Waals surface area contributed by atoms with E-state index in [9.17, 15) is 9.59 Å². The zero-order chi connectivity index (χ0) is 19.5. The molecule has 0 saturated carbocycles. The summed E-state index contributed by atoms with van der Waals surface area (Å²) in [5.41, 5.74) is 1.54. The van der Waals surface area contributed by atoms with Crippen LogP contribution in [0.25, 0.3) is 11.0 Å². The highest BCUT2D eigenvalue weighted by atomic mass is 32.1. The highest BCUT2D eigenvalue weighted by molar-refractivity contribution is 7.14. The van der Waals surface area contributed by atoms with Gasteiger partial charge in [-0.1, -0.05) is 18.2 Å². The number of thiazole rings is 1. The summed E-state index contributed by atoms with van der Waals surface area (Å²) in [6, 6.07) is 17.5. The van der Waals surface area contributed by atoms with Gasteiger partial charge in [0.15, 0.2) is 11.7 Å². The van der Waals surface area contributed by atoms with Crippen molar-refractivity contribution >= 4 is 39.0 Å². The van der Waals surface area contributed by atoms with Crippen LogP contribution in [0.15, 0.2) is 75.3 Å². The van der Waals surface area contributed by atoms with Gasteiger partial charge < -0.3 is 9.15 Å². The van der Waals surface area contributed by atoms with Crippen molar-refractivity contribution in [2.24, 2.45) is 0 Å². The zero-order valence-corrected chi connectivity index (χ0v) is 15.8. The van der Waals surface area contributed by atoms with Gasteiger partial charge in [-0.25, -0.2) is 9.78 Å². The van der Waals surface area contributed by atoms with Crippen LogP contribution in [0.2, 0.25) is 0 Å². The van der Waals surface area contributed by atoms with Gasteiger partial charge in [-0.2, -0.15) is 0 Å². The van der Waals surface area contributed by atoms with Crippen LogP contribution in [0.4, 0.5) is 10.8 Å². The second-order valence-electron chi connectivity index (χ2n) is 6.08. The second-order valence-corrected chi connectivity index (χ2v) is 6.92. The lowest BCUT2D eigenvalue weighted by Gasteiger charge is -2.20. The van der Waals surface area contributed by atoms with E-state index in [1.807, 2.05) is 42.6 Å². The Bertz CT molecular complexity index is 1180. The number of nitrogens with zero attached hydrogens (tertiary/aromatic N) is 2. The molecule has 1 amide bonds. The number of anilines is 2. The summed E-state index contributed by atoms with van der Waals surface area (Å²) in [5, 5.41) is 3.26. The van der Waals surface area contributed by atoms with Gasteiger partial charge in [0.05, 0.1) is 11.4 Å². The Kier molecular flexibility index (Phi) is 4.90. The summed E-state index contributed by atoms with van der Waals surface area (Å²) in [5.74, 6) is 0.189. The number of amides is 1. The van der Waals surface area contributed by atoms with Crippen LogP contribution in [-0.4, -0.2) is 17.5 Å². The molecule has 140 valence electrons. The lowest BCUT2D eigenvalue weighted by Crippen LogP contribution is -2.30. The van der Waals surface area contributed by atoms with Crippen molar-refractivity contribution in [3.05, 3.63) is 82.2 Å². The summed E-state index contributed by atoms with van der Waals surface area (Å²) in [4.78, 5) is 30.3. The largest absolute Gasteiger partial charge is 0.484 e. The molecule has 0 bridgehead atoms. The number of aromatic nitrogens is 1. The minimum atomic E-state index is -0.435. The summed E-state index contributed by atoms with van der Waals surface area (Å²) < 4.78 is 10.8. The third-order valence-corrected chi connectivity index (χ3v) is 4.96. The number of aryl methyl sites for hydroxylation is 1. The zero-order valence-electron chi connectivity index (χ0n) is 15.0. The Labute approximate surface area is 164 Å². The maximum absolute atomic E-state index is 12.9. The van der Waals surface area contributed by atoms with Crippen molar-refractivity contribution in [3.8, 4) is 5.75 Å². The van der Waals surface area contributed by atoms with E-state index in [4.69, 9.17) is 9.15 Å².